The largest absolute Gasteiger partial charge is 0.468 e. The number of rotatable bonds is 5. The predicted molar refractivity (Wildman–Crippen MR) is 73.2 cm³/mol. The Bertz CT molecular complexity index is 624. The topological polar surface area (TPSA) is 85.3 Å². The highest BCUT2D eigenvalue weighted by molar-refractivity contribution is 7.88. The highest BCUT2D eigenvalue weighted by Crippen LogP contribution is 2.33. The molecular weight excluding hydrogens is 280 g/mol. The van der Waals surface area contributed by atoms with E-state index in [9.17, 15) is 8.42 Å². The van der Waals surface area contributed by atoms with Crippen LogP contribution in [0.1, 0.15) is 38.3 Å². The fraction of sp³-hybridized carbons (Fsp3) is 0.462. The number of aromatic nitrogens is 1. The third-order valence-electron chi connectivity index (χ3n) is 2.82. The van der Waals surface area contributed by atoms with Crippen molar-refractivity contribution in [3.63, 3.8) is 0 Å². The first-order valence-electron chi connectivity index (χ1n) is 6.20. The molecule has 7 heteroatoms. The van der Waals surface area contributed by atoms with Crippen molar-refractivity contribution in [3.8, 4) is 0 Å². The monoisotopic (exact) mass is 298 g/mol. The number of nitrogens with zero attached hydrogens (tertiary/aromatic N) is 1. The molecule has 0 spiro atoms. The zero-order valence-electron chi connectivity index (χ0n) is 11.7. The van der Waals surface area contributed by atoms with E-state index in [1.54, 1.807) is 12.1 Å². The fourth-order valence-electron chi connectivity index (χ4n) is 1.85. The van der Waals surface area contributed by atoms with Crippen molar-refractivity contribution in [2.24, 2.45) is 5.41 Å². The average Bonchev–Trinajstić information content (AvgIpc) is 2.95. The Hall–Kier alpha value is -1.60. The molecule has 6 nitrogen and oxygen atoms in total. The van der Waals surface area contributed by atoms with Gasteiger partial charge in [-0.25, -0.2) is 13.1 Å². The normalized spacial score (nSPS) is 14.3. The number of hydrogen-bond acceptors (Lipinski definition) is 5. The first-order chi connectivity index (χ1) is 9.28. The quantitative estimate of drug-likeness (QED) is 0.916. The lowest BCUT2D eigenvalue weighted by molar-refractivity contribution is 0.265. The molecule has 0 saturated heterocycles. The van der Waals surface area contributed by atoms with E-state index in [0.717, 1.165) is 0 Å². The van der Waals surface area contributed by atoms with Crippen molar-refractivity contribution in [3.05, 3.63) is 42.2 Å². The van der Waals surface area contributed by atoms with Crippen LogP contribution in [0.5, 0.6) is 0 Å². The van der Waals surface area contributed by atoms with Crippen molar-refractivity contribution in [1.82, 2.24) is 9.88 Å². The Kier molecular flexibility index (Phi) is 4.01. The number of furan rings is 1. The molecule has 0 saturated carbocycles. The maximum Gasteiger partial charge on any atom is 0.218 e. The second-order valence-corrected chi connectivity index (χ2v) is 7.44. The molecule has 20 heavy (non-hydrogen) atoms. The van der Waals surface area contributed by atoms with Crippen LogP contribution >= 0.6 is 0 Å². The van der Waals surface area contributed by atoms with Crippen LogP contribution < -0.4 is 4.72 Å². The zero-order chi connectivity index (χ0) is 14.8. The van der Waals surface area contributed by atoms with Crippen molar-refractivity contribution in [2.75, 3.05) is 0 Å². The molecule has 2 rings (SSSR count). The van der Waals surface area contributed by atoms with E-state index in [0.29, 0.717) is 11.5 Å². The summed E-state index contributed by atoms with van der Waals surface area (Å²) in [5.41, 5.74) is 0.0407. The van der Waals surface area contributed by atoms with Gasteiger partial charge in [0.2, 0.25) is 10.0 Å². The van der Waals surface area contributed by atoms with Crippen LogP contribution in [0, 0.1) is 5.41 Å². The minimum Gasteiger partial charge on any atom is -0.468 e. The first-order valence-corrected chi connectivity index (χ1v) is 7.86. The molecule has 0 aliphatic rings. The molecule has 2 aromatic heterocycles. The van der Waals surface area contributed by atoms with Crippen molar-refractivity contribution < 1.29 is 17.4 Å². The molecule has 0 aliphatic carbocycles. The second kappa shape index (κ2) is 5.41. The number of sulfonamides is 1. The van der Waals surface area contributed by atoms with Gasteiger partial charge in [-0.05, 0) is 17.5 Å². The van der Waals surface area contributed by atoms with Crippen LogP contribution in [0.3, 0.4) is 0 Å². The molecule has 0 bridgehead atoms. The summed E-state index contributed by atoms with van der Waals surface area (Å²) in [6, 6.07) is 4.57. The van der Waals surface area contributed by atoms with Gasteiger partial charge < -0.3 is 8.94 Å². The van der Waals surface area contributed by atoms with Crippen molar-refractivity contribution in [2.45, 2.75) is 32.6 Å². The van der Waals surface area contributed by atoms with Gasteiger partial charge in [-0.3, -0.25) is 0 Å². The maximum atomic E-state index is 12.2. The summed E-state index contributed by atoms with van der Waals surface area (Å²) >= 11 is 0. The summed E-state index contributed by atoms with van der Waals surface area (Å²) in [6.45, 7) is 5.83. The van der Waals surface area contributed by atoms with Gasteiger partial charge in [-0.2, -0.15) is 0 Å². The second-order valence-electron chi connectivity index (χ2n) is 5.68. The number of hydrogen-bond donors (Lipinski definition) is 1. The maximum absolute atomic E-state index is 12.2. The molecule has 0 radical (unpaired) electrons. The molecule has 1 atom stereocenters. The molecule has 0 aliphatic heterocycles. The van der Waals surface area contributed by atoms with Gasteiger partial charge in [0.25, 0.3) is 0 Å². The third-order valence-corrected chi connectivity index (χ3v) is 4.09. The van der Waals surface area contributed by atoms with Gasteiger partial charge in [0.05, 0.1) is 18.0 Å². The Morgan fingerprint density at radius 2 is 2.05 bits per heavy atom. The lowest BCUT2D eigenvalue weighted by Gasteiger charge is -2.29. The van der Waals surface area contributed by atoms with Crippen LogP contribution in [-0.4, -0.2) is 13.6 Å². The van der Waals surface area contributed by atoms with Gasteiger partial charge in [0.1, 0.15) is 17.8 Å². The Morgan fingerprint density at radius 1 is 1.30 bits per heavy atom. The zero-order valence-corrected chi connectivity index (χ0v) is 12.5. The molecule has 110 valence electrons. The predicted octanol–water partition coefficient (Wildman–Crippen LogP) is 2.47. The lowest BCUT2D eigenvalue weighted by atomic mass is 9.86. The Balaban J connectivity index is 2.20. The lowest BCUT2D eigenvalue weighted by Crippen LogP contribution is -2.37. The van der Waals surface area contributed by atoms with E-state index >= 15 is 0 Å². The number of nitrogens with one attached hydrogen (secondary N) is 1. The molecule has 2 heterocycles. The molecule has 0 aromatic carbocycles. The Morgan fingerprint density at radius 3 is 2.55 bits per heavy atom. The van der Waals surface area contributed by atoms with E-state index in [4.69, 9.17) is 4.42 Å². The SMILES string of the molecule is CC(C)(C)C(NS(=O)(=O)Cc1ccon1)c1ccco1. The fourth-order valence-corrected chi connectivity index (χ4v) is 3.30. The highest BCUT2D eigenvalue weighted by Gasteiger charge is 2.32. The Labute approximate surface area is 118 Å². The van der Waals surface area contributed by atoms with E-state index in [1.165, 1.54) is 18.6 Å². The van der Waals surface area contributed by atoms with Crippen LogP contribution in [-0.2, 0) is 15.8 Å². The summed E-state index contributed by atoms with van der Waals surface area (Å²) in [5.74, 6) is 0.359. The smallest absolute Gasteiger partial charge is 0.218 e. The van der Waals surface area contributed by atoms with Gasteiger partial charge in [0.15, 0.2) is 0 Å². The van der Waals surface area contributed by atoms with Gasteiger partial charge in [-0.1, -0.05) is 25.9 Å². The van der Waals surface area contributed by atoms with Crippen LogP contribution in [0.4, 0.5) is 0 Å². The summed E-state index contributed by atoms with van der Waals surface area (Å²) < 4.78 is 37.1. The van der Waals surface area contributed by atoms with E-state index < -0.39 is 16.1 Å². The molecular formula is C13H18N2O4S. The van der Waals surface area contributed by atoms with Crippen LogP contribution in [0.25, 0.3) is 0 Å². The van der Waals surface area contributed by atoms with Crippen molar-refractivity contribution >= 4 is 10.0 Å². The summed E-state index contributed by atoms with van der Waals surface area (Å²) in [4.78, 5) is 0. The summed E-state index contributed by atoms with van der Waals surface area (Å²) in [7, 11) is -3.55. The van der Waals surface area contributed by atoms with Gasteiger partial charge >= 0.3 is 0 Å². The third kappa shape index (κ3) is 3.71. The van der Waals surface area contributed by atoms with Crippen molar-refractivity contribution in [1.29, 1.82) is 0 Å². The van der Waals surface area contributed by atoms with Gasteiger partial charge in [0, 0.05) is 6.07 Å². The summed E-state index contributed by atoms with van der Waals surface area (Å²) in [6.07, 6.45) is 2.87. The van der Waals surface area contributed by atoms with E-state index in [2.05, 4.69) is 14.4 Å². The standard InChI is InChI=1S/C13H18N2O4S/c1-13(2,3)12(11-5-4-7-18-11)15-20(16,17)9-10-6-8-19-14-10/h4-8,12,15H,9H2,1-3H3. The van der Waals surface area contributed by atoms with Gasteiger partial charge in [-0.15, -0.1) is 0 Å². The highest BCUT2D eigenvalue weighted by atomic mass is 32.2. The van der Waals surface area contributed by atoms with Crippen LogP contribution in [0.15, 0.2) is 39.7 Å². The summed E-state index contributed by atoms with van der Waals surface area (Å²) in [5, 5.41) is 3.62. The molecule has 0 amide bonds. The minimum atomic E-state index is -3.55. The molecule has 1 unspecified atom stereocenters. The average molecular weight is 298 g/mol. The minimum absolute atomic E-state index is 0.225. The van der Waals surface area contributed by atoms with Crippen LogP contribution in [0.2, 0.25) is 0 Å². The molecule has 0 fully saturated rings. The molecule has 1 N–H and O–H groups in total. The van der Waals surface area contributed by atoms with E-state index in [-0.39, 0.29) is 11.2 Å². The first kappa shape index (κ1) is 14.8. The van der Waals surface area contributed by atoms with E-state index in [1.807, 2.05) is 20.8 Å². The molecule has 2 aromatic rings.